The maximum Gasteiger partial charge on any atom is 0.173 e. The van der Waals surface area contributed by atoms with Gasteiger partial charge in [0.15, 0.2) is 5.78 Å². The lowest BCUT2D eigenvalue weighted by Gasteiger charge is -2.13. The van der Waals surface area contributed by atoms with Crippen molar-refractivity contribution in [2.75, 3.05) is 6.54 Å². The van der Waals surface area contributed by atoms with Crippen LogP contribution in [-0.4, -0.2) is 22.1 Å². The molecule has 2 N–H and O–H groups in total. The highest BCUT2D eigenvalue weighted by Crippen LogP contribution is 2.35. The summed E-state index contributed by atoms with van der Waals surface area (Å²) in [5.74, 6) is 0.269. The van der Waals surface area contributed by atoms with Crippen LogP contribution in [0.25, 0.3) is 11.3 Å². The molecule has 0 aliphatic heterocycles. The summed E-state index contributed by atoms with van der Waals surface area (Å²) < 4.78 is 1.74. The molecule has 0 fully saturated rings. The van der Waals surface area contributed by atoms with Crippen molar-refractivity contribution in [1.29, 1.82) is 0 Å². The number of ketones is 1. The Labute approximate surface area is 162 Å². The van der Waals surface area contributed by atoms with E-state index in [4.69, 9.17) is 17.3 Å². The van der Waals surface area contributed by atoms with Gasteiger partial charge in [0.1, 0.15) is 0 Å². The van der Waals surface area contributed by atoms with E-state index in [1.54, 1.807) is 10.9 Å². The summed E-state index contributed by atoms with van der Waals surface area (Å²) >= 11 is 7.76. The van der Waals surface area contributed by atoms with Gasteiger partial charge in [0.2, 0.25) is 0 Å². The Hall–Kier alpha value is -1.95. The number of thiophene rings is 1. The maximum atomic E-state index is 12.8. The minimum Gasteiger partial charge on any atom is -0.330 e. The number of carbonyl (C=O) groups excluding carboxylic acids is 1. The molecule has 0 radical (unpaired) electrons. The zero-order valence-corrected chi connectivity index (χ0v) is 16.5. The minimum absolute atomic E-state index is 0.133. The molecule has 1 unspecified atom stereocenters. The Morgan fingerprint density at radius 3 is 2.69 bits per heavy atom. The van der Waals surface area contributed by atoms with Crippen LogP contribution >= 0.6 is 22.9 Å². The summed E-state index contributed by atoms with van der Waals surface area (Å²) in [6.45, 7) is 2.50. The number of aryl methyl sites for hydroxylation is 2. The van der Waals surface area contributed by atoms with Gasteiger partial charge >= 0.3 is 0 Å². The van der Waals surface area contributed by atoms with Crippen LogP contribution in [0.2, 0.25) is 5.02 Å². The molecule has 0 aliphatic rings. The Bertz CT molecular complexity index is 882. The average Bonchev–Trinajstić information content (AvgIpc) is 3.17. The molecule has 136 valence electrons. The van der Waals surface area contributed by atoms with Crippen LogP contribution < -0.4 is 5.73 Å². The SMILES string of the molecule is Cc1sc(C(=O)CC(CN)Cc2ccccc2)cc1-c1c(Cl)cnn1C. The van der Waals surface area contributed by atoms with Gasteiger partial charge in [0, 0.05) is 23.9 Å². The molecule has 4 nitrogen and oxygen atoms in total. The molecule has 0 spiro atoms. The first kappa shape index (κ1) is 18.8. The van der Waals surface area contributed by atoms with Gasteiger partial charge in [-0.05, 0) is 37.4 Å². The number of aromatic nitrogens is 2. The number of rotatable bonds is 7. The molecule has 2 aromatic heterocycles. The summed E-state index contributed by atoms with van der Waals surface area (Å²) in [5.41, 5.74) is 8.94. The van der Waals surface area contributed by atoms with Crippen LogP contribution in [0, 0.1) is 12.8 Å². The third-order valence-corrected chi connectivity index (χ3v) is 5.88. The fraction of sp³-hybridized carbons (Fsp3) is 0.300. The number of benzene rings is 1. The van der Waals surface area contributed by atoms with Crippen molar-refractivity contribution in [3.05, 3.63) is 62.9 Å². The van der Waals surface area contributed by atoms with Crippen molar-refractivity contribution in [3.8, 4) is 11.3 Å². The first-order chi connectivity index (χ1) is 12.5. The number of hydrogen-bond acceptors (Lipinski definition) is 4. The maximum absolute atomic E-state index is 12.8. The van der Waals surface area contributed by atoms with E-state index in [2.05, 4.69) is 17.2 Å². The summed E-state index contributed by atoms with van der Waals surface area (Å²) in [7, 11) is 1.85. The molecule has 0 saturated heterocycles. The van der Waals surface area contributed by atoms with Gasteiger partial charge in [-0.3, -0.25) is 9.48 Å². The van der Waals surface area contributed by atoms with E-state index < -0.39 is 0 Å². The third kappa shape index (κ3) is 4.06. The molecule has 1 aromatic carbocycles. The highest BCUT2D eigenvalue weighted by Gasteiger charge is 2.20. The van der Waals surface area contributed by atoms with E-state index in [0.29, 0.717) is 18.0 Å². The van der Waals surface area contributed by atoms with E-state index >= 15 is 0 Å². The highest BCUT2D eigenvalue weighted by atomic mass is 35.5. The van der Waals surface area contributed by atoms with Crippen LogP contribution in [0.15, 0.2) is 42.6 Å². The monoisotopic (exact) mass is 387 g/mol. The quantitative estimate of drug-likeness (QED) is 0.607. The van der Waals surface area contributed by atoms with Crippen molar-refractivity contribution in [3.63, 3.8) is 0 Å². The second kappa shape index (κ2) is 8.16. The number of nitrogens with two attached hydrogens (primary N) is 1. The first-order valence-electron chi connectivity index (χ1n) is 8.55. The number of carbonyl (C=O) groups is 1. The van der Waals surface area contributed by atoms with Gasteiger partial charge in [-0.15, -0.1) is 11.3 Å². The largest absolute Gasteiger partial charge is 0.330 e. The van der Waals surface area contributed by atoms with Gasteiger partial charge in [-0.2, -0.15) is 5.10 Å². The Balaban J connectivity index is 1.77. The lowest BCUT2D eigenvalue weighted by atomic mass is 9.94. The Morgan fingerprint density at radius 1 is 1.35 bits per heavy atom. The number of Topliss-reactive ketones (excluding diaryl/α,β-unsaturated/α-hetero) is 1. The number of halogens is 1. The average molecular weight is 388 g/mol. The minimum atomic E-state index is 0.133. The van der Waals surface area contributed by atoms with Crippen molar-refractivity contribution in [1.82, 2.24) is 9.78 Å². The van der Waals surface area contributed by atoms with Crippen molar-refractivity contribution >= 4 is 28.7 Å². The molecule has 6 heteroatoms. The van der Waals surface area contributed by atoms with Crippen LogP contribution in [-0.2, 0) is 13.5 Å². The van der Waals surface area contributed by atoms with E-state index in [9.17, 15) is 4.79 Å². The predicted octanol–water partition coefficient (Wildman–Crippen LogP) is 4.50. The molecule has 3 aromatic rings. The summed E-state index contributed by atoms with van der Waals surface area (Å²) in [5, 5.41) is 4.78. The van der Waals surface area contributed by atoms with E-state index in [1.807, 2.05) is 38.2 Å². The van der Waals surface area contributed by atoms with Gasteiger partial charge in [0.05, 0.1) is 21.8 Å². The summed E-state index contributed by atoms with van der Waals surface area (Å²) in [6.07, 6.45) is 2.89. The van der Waals surface area contributed by atoms with E-state index in [1.165, 1.54) is 16.9 Å². The molecule has 1 atom stereocenters. The van der Waals surface area contributed by atoms with Gasteiger partial charge < -0.3 is 5.73 Å². The third-order valence-electron chi connectivity index (χ3n) is 4.52. The summed E-state index contributed by atoms with van der Waals surface area (Å²) in [4.78, 5) is 14.6. The highest BCUT2D eigenvalue weighted by molar-refractivity contribution is 7.14. The van der Waals surface area contributed by atoms with Crippen molar-refractivity contribution in [2.45, 2.75) is 19.8 Å². The molecule has 3 rings (SSSR count). The van der Waals surface area contributed by atoms with E-state index in [-0.39, 0.29) is 11.7 Å². The van der Waals surface area contributed by atoms with Crippen LogP contribution in [0.3, 0.4) is 0 Å². The Kier molecular flexibility index (Phi) is 5.91. The zero-order chi connectivity index (χ0) is 18.7. The standard InChI is InChI=1S/C20H22ClN3OS/c1-13-16(20-17(21)12-23-24(20)2)10-19(26-13)18(25)9-15(11-22)8-14-6-4-3-5-7-14/h3-7,10,12,15H,8-9,11,22H2,1-2H3. The topological polar surface area (TPSA) is 60.9 Å². The predicted molar refractivity (Wildman–Crippen MR) is 108 cm³/mol. The smallest absolute Gasteiger partial charge is 0.173 e. The second-order valence-electron chi connectivity index (χ2n) is 6.46. The van der Waals surface area contributed by atoms with Gasteiger partial charge in [-0.1, -0.05) is 41.9 Å². The molecule has 26 heavy (non-hydrogen) atoms. The fourth-order valence-corrected chi connectivity index (χ4v) is 4.35. The van der Waals surface area contributed by atoms with Crippen molar-refractivity contribution in [2.24, 2.45) is 18.7 Å². The number of nitrogens with zero attached hydrogens (tertiary/aromatic N) is 2. The molecule has 0 bridgehead atoms. The Morgan fingerprint density at radius 2 is 2.08 bits per heavy atom. The lowest BCUT2D eigenvalue weighted by molar-refractivity contribution is 0.0966. The molecular weight excluding hydrogens is 366 g/mol. The molecule has 2 heterocycles. The van der Waals surface area contributed by atoms with E-state index in [0.717, 1.165) is 27.4 Å². The first-order valence-corrected chi connectivity index (χ1v) is 9.74. The lowest BCUT2D eigenvalue weighted by Crippen LogP contribution is -2.20. The molecule has 0 saturated carbocycles. The van der Waals surface area contributed by atoms with Crippen LogP contribution in [0.1, 0.15) is 26.5 Å². The van der Waals surface area contributed by atoms with Crippen LogP contribution in [0.5, 0.6) is 0 Å². The molecular formula is C20H22ClN3OS. The zero-order valence-electron chi connectivity index (χ0n) is 14.9. The van der Waals surface area contributed by atoms with Crippen molar-refractivity contribution < 1.29 is 4.79 Å². The normalized spacial score (nSPS) is 12.3. The van der Waals surface area contributed by atoms with Gasteiger partial charge in [-0.25, -0.2) is 0 Å². The summed E-state index contributed by atoms with van der Waals surface area (Å²) in [6, 6.07) is 12.1. The van der Waals surface area contributed by atoms with Gasteiger partial charge in [0.25, 0.3) is 0 Å². The molecule has 0 aliphatic carbocycles. The fourth-order valence-electron chi connectivity index (χ4n) is 3.12. The van der Waals surface area contributed by atoms with Crippen LogP contribution in [0.4, 0.5) is 0 Å². The molecule has 0 amide bonds. The second-order valence-corrected chi connectivity index (χ2v) is 8.13. The number of hydrogen-bond donors (Lipinski definition) is 1.